The highest BCUT2D eigenvalue weighted by atomic mass is 19.4. The summed E-state index contributed by atoms with van der Waals surface area (Å²) in [6.45, 7) is 3.27. The molecule has 1 aromatic rings. The van der Waals surface area contributed by atoms with Crippen molar-refractivity contribution < 1.29 is 18.0 Å². The molecule has 0 saturated carbocycles. The molecular formula is C14H17F3N2O. The first-order valence-electron chi connectivity index (χ1n) is 6.39. The molecule has 1 N–H and O–H groups in total. The molecule has 1 saturated heterocycles. The third-order valence-corrected chi connectivity index (χ3v) is 3.45. The standard InChI is InChI=1S/C14H17F3N2O/c1-13(2)9-12(20)18-19(13)11(14(15,16)17)8-10-6-4-3-5-7-10/h3-7,11H,8-9H2,1-2H3,(H,18,20). The van der Waals surface area contributed by atoms with Crippen LogP contribution in [-0.2, 0) is 11.2 Å². The predicted molar refractivity (Wildman–Crippen MR) is 68.7 cm³/mol. The molecule has 1 amide bonds. The van der Waals surface area contributed by atoms with Gasteiger partial charge in [-0.2, -0.15) is 13.2 Å². The lowest BCUT2D eigenvalue weighted by atomic mass is 9.97. The summed E-state index contributed by atoms with van der Waals surface area (Å²) in [4.78, 5) is 11.4. The molecular weight excluding hydrogens is 269 g/mol. The summed E-state index contributed by atoms with van der Waals surface area (Å²) in [7, 11) is 0. The summed E-state index contributed by atoms with van der Waals surface area (Å²) in [6, 6.07) is 6.75. The fourth-order valence-corrected chi connectivity index (χ4v) is 2.49. The van der Waals surface area contributed by atoms with Crippen molar-refractivity contribution in [2.45, 2.75) is 44.4 Å². The van der Waals surface area contributed by atoms with Gasteiger partial charge < -0.3 is 0 Å². The van der Waals surface area contributed by atoms with Gasteiger partial charge >= 0.3 is 6.18 Å². The minimum Gasteiger partial charge on any atom is -0.288 e. The normalized spacial score (nSPS) is 20.8. The molecule has 1 aliphatic rings. The number of halogens is 3. The lowest BCUT2D eigenvalue weighted by molar-refractivity contribution is -0.200. The molecule has 0 aromatic heterocycles. The smallest absolute Gasteiger partial charge is 0.288 e. The number of hydrogen-bond donors (Lipinski definition) is 1. The van der Waals surface area contributed by atoms with Crippen molar-refractivity contribution in [3.8, 4) is 0 Å². The molecule has 0 bridgehead atoms. The van der Waals surface area contributed by atoms with Crippen LogP contribution < -0.4 is 5.43 Å². The third kappa shape index (κ3) is 3.12. The van der Waals surface area contributed by atoms with Crippen LogP contribution in [0.4, 0.5) is 13.2 Å². The Kier molecular flexibility index (Phi) is 3.77. The molecule has 0 aliphatic carbocycles. The number of nitrogens with zero attached hydrogens (tertiary/aromatic N) is 1. The van der Waals surface area contributed by atoms with Crippen LogP contribution in [0, 0.1) is 0 Å². The van der Waals surface area contributed by atoms with E-state index in [1.54, 1.807) is 44.2 Å². The Balaban J connectivity index is 2.27. The van der Waals surface area contributed by atoms with Gasteiger partial charge in [0.1, 0.15) is 6.04 Å². The number of hydrazine groups is 1. The minimum absolute atomic E-state index is 0.0639. The summed E-state index contributed by atoms with van der Waals surface area (Å²) in [5, 5.41) is 1.04. The van der Waals surface area contributed by atoms with Gasteiger partial charge in [0.05, 0.1) is 0 Å². The van der Waals surface area contributed by atoms with Gasteiger partial charge in [-0.1, -0.05) is 30.3 Å². The SMILES string of the molecule is CC1(C)CC(=O)NN1C(Cc1ccccc1)C(F)(F)F. The molecule has 1 aliphatic heterocycles. The van der Waals surface area contributed by atoms with Crippen molar-refractivity contribution in [3.05, 3.63) is 35.9 Å². The number of hydrogen-bond acceptors (Lipinski definition) is 2. The summed E-state index contributed by atoms with van der Waals surface area (Å²) < 4.78 is 40.0. The second kappa shape index (κ2) is 5.09. The lowest BCUT2D eigenvalue weighted by Gasteiger charge is -2.37. The first-order valence-corrected chi connectivity index (χ1v) is 6.39. The van der Waals surface area contributed by atoms with E-state index in [0.29, 0.717) is 5.56 Å². The Morgan fingerprint density at radius 2 is 1.90 bits per heavy atom. The molecule has 6 heteroatoms. The van der Waals surface area contributed by atoms with Gasteiger partial charge in [-0.05, 0) is 25.8 Å². The Hall–Kier alpha value is -1.56. The van der Waals surface area contributed by atoms with Crippen molar-refractivity contribution in [3.63, 3.8) is 0 Å². The van der Waals surface area contributed by atoms with E-state index >= 15 is 0 Å². The van der Waals surface area contributed by atoms with Crippen LogP contribution in [0.2, 0.25) is 0 Å². The molecule has 1 heterocycles. The number of carbonyl (C=O) groups excluding carboxylic acids is 1. The average molecular weight is 286 g/mol. The van der Waals surface area contributed by atoms with Crippen molar-refractivity contribution in [1.82, 2.24) is 10.4 Å². The van der Waals surface area contributed by atoms with Gasteiger partial charge in [0.15, 0.2) is 0 Å². The molecule has 2 rings (SSSR count). The Morgan fingerprint density at radius 3 is 2.35 bits per heavy atom. The van der Waals surface area contributed by atoms with Crippen LogP contribution in [0.15, 0.2) is 30.3 Å². The molecule has 1 atom stereocenters. The number of rotatable bonds is 3. The van der Waals surface area contributed by atoms with Crippen LogP contribution in [-0.4, -0.2) is 28.7 Å². The molecule has 0 spiro atoms. The van der Waals surface area contributed by atoms with Gasteiger partial charge in [-0.15, -0.1) is 0 Å². The van der Waals surface area contributed by atoms with Crippen LogP contribution in [0.5, 0.6) is 0 Å². The molecule has 1 fully saturated rings. The average Bonchev–Trinajstić information content (AvgIpc) is 2.59. The van der Waals surface area contributed by atoms with Gasteiger partial charge in [-0.25, -0.2) is 5.01 Å². The lowest BCUT2D eigenvalue weighted by Crippen LogP contribution is -2.57. The van der Waals surface area contributed by atoms with E-state index in [1.165, 1.54) is 0 Å². The van der Waals surface area contributed by atoms with Gasteiger partial charge in [0.25, 0.3) is 0 Å². The number of carbonyl (C=O) groups is 1. The van der Waals surface area contributed by atoms with Crippen molar-refractivity contribution in [2.75, 3.05) is 0 Å². The topological polar surface area (TPSA) is 32.3 Å². The summed E-state index contributed by atoms with van der Waals surface area (Å²) in [6.07, 6.45) is -4.53. The molecule has 20 heavy (non-hydrogen) atoms. The van der Waals surface area contributed by atoms with Crippen molar-refractivity contribution in [2.24, 2.45) is 0 Å². The maximum Gasteiger partial charge on any atom is 0.406 e. The second-order valence-electron chi connectivity index (χ2n) is 5.64. The highest BCUT2D eigenvalue weighted by Gasteiger charge is 2.51. The zero-order valence-electron chi connectivity index (χ0n) is 11.4. The van der Waals surface area contributed by atoms with Crippen LogP contribution in [0.25, 0.3) is 0 Å². The summed E-state index contributed by atoms with van der Waals surface area (Å²) in [5.74, 6) is -0.377. The van der Waals surface area contributed by atoms with E-state index in [1.807, 2.05) is 0 Å². The molecule has 110 valence electrons. The third-order valence-electron chi connectivity index (χ3n) is 3.45. The van der Waals surface area contributed by atoms with Crippen LogP contribution in [0.1, 0.15) is 25.8 Å². The van der Waals surface area contributed by atoms with E-state index in [4.69, 9.17) is 0 Å². The molecule has 1 aromatic carbocycles. The predicted octanol–water partition coefficient (Wildman–Crippen LogP) is 2.68. The van der Waals surface area contributed by atoms with E-state index in [9.17, 15) is 18.0 Å². The number of benzene rings is 1. The fraction of sp³-hybridized carbons (Fsp3) is 0.500. The minimum atomic E-state index is -4.41. The van der Waals surface area contributed by atoms with Gasteiger partial charge in [0.2, 0.25) is 5.91 Å². The van der Waals surface area contributed by atoms with Crippen molar-refractivity contribution in [1.29, 1.82) is 0 Å². The first-order chi connectivity index (χ1) is 9.20. The zero-order chi connectivity index (χ0) is 15.0. The molecule has 0 radical (unpaired) electrons. The quantitative estimate of drug-likeness (QED) is 0.926. The summed E-state index contributed by atoms with van der Waals surface area (Å²) in [5.41, 5.74) is 2.08. The van der Waals surface area contributed by atoms with Gasteiger partial charge in [0, 0.05) is 12.0 Å². The first kappa shape index (κ1) is 14.8. The Morgan fingerprint density at radius 1 is 1.30 bits per heavy atom. The second-order valence-corrected chi connectivity index (χ2v) is 5.64. The highest BCUT2D eigenvalue weighted by molar-refractivity contribution is 5.78. The van der Waals surface area contributed by atoms with E-state index < -0.39 is 17.8 Å². The largest absolute Gasteiger partial charge is 0.406 e. The summed E-state index contributed by atoms with van der Waals surface area (Å²) >= 11 is 0. The Labute approximate surface area is 115 Å². The van der Waals surface area contributed by atoms with Gasteiger partial charge in [-0.3, -0.25) is 10.2 Å². The number of amides is 1. The maximum absolute atomic E-state index is 13.3. The van der Waals surface area contributed by atoms with E-state index in [-0.39, 0.29) is 18.7 Å². The number of alkyl halides is 3. The fourth-order valence-electron chi connectivity index (χ4n) is 2.49. The van der Waals surface area contributed by atoms with E-state index in [2.05, 4.69) is 5.43 Å². The Bertz CT molecular complexity index is 485. The van der Waals surface area contributed by atoms with Crippen molar-refractivity contribution >= 4 is 5.91 Å². The van der Waals surface area contributed by atoms with Crippen LogP contribution in [0.3, 0.4) is 0 Å². The maximum atomic E-state index is 13.3. The van der Waals surface area contributed by atoms with Crippen LogP contribution >= 0.6 is 0 Å². The highest BCUT2D eigenvalue weighted by Crippen LogP contribution is 2.34. The van der Waals surface area contributed by atoms with E-state index in [0.717, 1.165) is 5.01 Å². The number of nitrogens with one attached hydrogen (secondary N) is 1. The monoisotopic (exact) mass is 286 g/mol. The zero-order valence-corrected chi connectivity index (χ0v) is 11.4. The molecule has 1 unspecified atom stereocenters. The molecule has 3 nitrogen and oxygen atoms in total.